The highest BCUT2D eigenvalue weighted by atomic mass is 35.5. The Bertz CT molecular complexity index is 544. The average molecular weight is 314 g/mol. The van der Waals surface area contributed by atoms with E-state index in [1.807, 2.05) is 4.90 Å². The lowest BCUT2D eigenvalue weighted by Gasteiger charge is -2.34. The second-order valence-corrected chi connectivity index (χ2v) is 4.87. The minimum absolute atomic E-state index is 0.272. The minimum Gasteiger partial charge on any atom is -0.465 e. The summed E-state index contributed by atoms with van der Waals surface area (Å²) in [7, 11) is 0. The zero-order valence-electron chi connectivity index (χ0n) is 11.6. The van der Waals surface area contributed by atoms with Gasteiger partial charge in [-0.3, -0.25) is 0 Å². The van der Waals surface area contributed by atoms with Gasteiger partial charge in [0.1, 0.15) is 16.5 Å². The highest BCUT2D eigenvalue weighted by Gasteiger charge is 2.25. The standard InChI is InChI=1S/C13H16ClN3O4/c1-2-21-12(18)9-3-4-10(14)15-11(9)16-5-7-17(8-6-16)13(19)20/h3-4H,2,5-8H2,1H3,(H,19,20). The summed E-state index contributed by atoms with van der Waals surface area (Å²) in [4.78, 5) is 30.2. The minimum atomic E-state index is -0.945. The summed E-state index contributed by atoms with van der Waals surface area (Å²) >= 11 is 5.90. The number of piperazine rings is 1. The van der Waals surface area contributed by atoms with E-state index in [-0.39, 0.29) is 11.8 Å². The third-order valence-electron chi connectivity index (χ3n) is 3.19. The summed E-state index contributed by atoms with van der Waals surface area (Å²) in [5, 5.41) is 9.23. The Morgan fingerprint density at radius 1 is 1.33 bits per heavy atom. The van der Waals surface area contributed by atoms with Gasteiger partial charge in [-0.05, 0) is 19.1 Å². The molecule has 8 heteroatoms. The number of ether oxygens (including phenoxy) is 1. The Labute approximate surface area is 127 Å². The van der Waals surface area contributed by atoms with Crippen LogP contribution in [0.3, 0.4) is 0 Å². The van der Waals surface area contributed by atoms with E-state index in [1.165, 1.54) is 11.0 Å². The molecule has 21 heavy (non-hydrogen) atoms. The normalized spacial score (nSPS) is 15.0. The molecule has 1 aliphatic rings. The molecule has 7 nitrogen and oxygen atoms in total. The first-order chi connectivity index (χ1) is 10.0. The van der Waals surface area contributed by atoms with Crippen LogP contribution in [0.25, 0.3) is 0 Å². The average Bonchev–Trinajstić information content (AvgIpc) is 2.47. The summed E-state index contributed by atoms with van der Waals surface area (Å²) in [6, 6.07) is 3.11. The van der Waals surface area contributed by atoms with Crippen LogP contribution < -0.4 is 4.90 Å². The largest absolute Gasteiger partial charge is 0.465 e. The van der Waals surface area contributed by atoms with Crippen LogP contribution in [0, 0.1) is 0 Å². The molecule has 1 aliphatic heterocycles. The van der Waals surface area contributed by atoms with Gasteiger partial charge in [-0.15, -0.1) is 0 Å². The molecule has 0 atom stereocenters. The monoisotopic (exact) mass is 313 g/mol. The van der Waals surface area contributed by atoms with E-state index in [9.17, 15) is 9.59 Å². The topological polar surface area (TPSA) is 83.0 Å². The first kappa shape index (κ1) is 15.4. The van der Waals surface area contributed by atoms with Crippen LogP contribution in [0.15, 0.2) is 12.1 Å². The van der Waals surface area contributed by atoms with Gasteiger partial charge in [0.2, 0.25) is 0 Å². The van der Waals surface area contributed by atoms with Gasteiger partial charge in [-0.2, -0.15) is 0 Å². The van der Waals surface area contributed by atoms with Crippen LogP contribution in [0.2, 0.25) is 5.15 Å². The van der Waals surface area contributed by atoms with Crippen LogP contribution in [0.1, 0.15) is 17.3 Å². The summed E-state index contributed by atoms with van der Waals surface area (Å²) in [5.74, 6) is -0.0247. The van der Waals surface area contributed by atoms with Crippen LogP contribution >= 0.6 is 11.6 Å². The van der Waals surface area contributed by atoms with Crippen LogP contribution in [-0.4, -0.2) is 59.8 Å². The maximum Gasteiger partial charge on any atom is 0.407 e. The van der Waals surface area contributed by atoms with Crippen molar-refractivity contribution >= 4 is 29.5 Å². The van der Waals surface area contributed by atoms with Crippen molar-refractivity contribution < 1.29 is 19.4 Å². The first-order valence-corrected chi connectivity index (χ1v) is 6.97. The Balaban J connectivity index is 2.21. The number of aromatic nitrogens is 1. The number of hydrogen-bond donors (Lipinski definition) is 1. The highest BCUT2D eigenvalue weighted by Crippen LogP contribution is 2.23. The summed E-state index contributed by atoms with van der Waals surface area (Å²) < 4.78 is 5.01. The fourth-order valence-corrected chi connectivity index (χ4v) is 2.29. The molecule has 0 aromatic carbocycles. The van der Waals surface area contributed by atoms with Gasteiger partial charge in [0.25, 0.3) is 0 Å². The molecule has 2 heterocycles. The smallest absolute Gasteiger partial charge is 0.407 e. The van der Waals surface area contributed by atoms with E-state index < -0.39 is 12.1 Å². The molecule has 0 bridgehead atoms. The number of carbonyl (C=O) groups excluding carboxylic acids is 1. The van der Waals surface area contributed by atoms with E-state index in [0.717, 1.165) is 0 Å². The molecule has 1 N–H and O–H groups in total. The molecular weight excluding hydrogens is 298 g/mol. The second kappa shape index (κ2) is 6.62. The summed E-state index contributed by atoms with van der Waals surface area (Å²) in [5.41, 5.74) is 0.338. The maximum absolute atomic E-state index is 12.0. The number of hydrogen-bond acceptors (Lipinski definition) is 5. The third kappa shape index (κ3) is 3.55. The van der Waals surface area contributed by atoms with Crippen molar-refractivity contribution in [1.82, 2.24) is 9.88 Å². The van der Waals surface area contributed by atoms with E-state index in [2.05, 4.69) is 4.98 Å². The fraction of sp³-hybridized carbons (Fsp3) is 0.462. The number of pyridine rings is 1. The van der Waals surface area contributed by atoms with E-state index in [1.54, 1.807) is 13.0 Å². The van der Waals surface area contributed by atoms with Crippen LogP contribution in [0.5, 0.6) is 0 Å². The van der Waals surface area contributed by atoms with E-state index >= 15 is 0 Å². The Kier molecular flexibility index (Phi) is 4.85. The number of halogens is 1. The van der Waals surface area contributed by atoms with Crippen molar-refractivity contribution in [2.24, 2.45) is 0 Å². The molecule has 2 rings (SSSR count). The molecule has 0 saturated carbocycles. The van der Waals surface area contributed by atoms with Crippen molar-refractivity contribution in [2.45, 2.75) is 6.92 Å². The molecule has 1 aromatic heterocycles. The fourth-order valence-electron chi connectivity index (χ4n) is 2.14. The number of amides is 1. The maximum atomic E-state index is 12.0. The van der Waals surface area contributed by atoms with Gasteiger partial charge in [-0.25, -0.2) is 14.6 Å². The predicted molar refractivity (Wildman–Crippen MR) is 77.0 cm³/mol. The van der Waals surface area contributed by atoms with Crippen LogP contribution in [0.4, 0.5) is 10.6 Å². The zero-order valence-corrected chi connectivity index (χ0v) is 12.3. The van der Waals surface area contributed by atoms with Gasteiger partial charge in [0, 0.05) is 26.2 Å². The molecule has 114 valence electrons. The van der Waals surface area contributed by atoms with Crippen LogP contribution in [-0.2, 0) is 4.74 Å². The summed E-state index contributed by atoms with van der Waals surface area (Å²) in [6.45, 7) is 3.61. The second-order valence-electron chi connectivity index (χ2n) is 4.48. The van der Waals surface area contributed by atoms with Gasteiger partial charge < -0.3 is 19.6 Å². The van der Waals surface area contributed by atoms with Crippen molar-refractivity contribution in [3.05, 3.63) is 22.8 Å². The molecule has 1 amide bonds. The Morgan fingerprint density at radius 3 is 2.57 bits per heavy atom. The molecule has 1 saturated heterocycles. The van der Waals surface area contributed by atoms with E-state index in [4.69, 9.17) is 21.4 Å². The molecule has 1 fully saturated rings. The van der Waals surface area contributed by atoms with Crippen molar-refractivity contribution in [1.29, 1.82) is 0 Å². The third-order valence-corrected chi connectivity index (χ3v) is 3.40. The lowest BCUT2D eigenvalue weighted by molar-refractivity contribution is 0.0526. The van der Waals surface area contributed by atoms with Crippen molar-refractivity contribution in [2.75, 3.05) is 37.7 Å². The number of carboxylic acid groups (broad SMARTS) is 1. The van der Waals surface area contributed by atoms with Gasteiger partial charge in [0.05, 0.1) is 6.61 Å². The quantitative estimate of drug-likeness (QED) is 0.675. The number of nitrogens with zero attached hydrogens (tertiary/aromatic N) is 3. The number of rotatable bonds is 3. The lowest BCUT2D eigenvalue weighted by Crippen LogP contribution is -2.49. The first-order valence-electron chi connectivity index (χ1n) is 6.59. The van der Waals surface area contributed by atoms with Gasteiger partial charge in [-0.1, -0.05) is 11.6 Å². The zero-order chi connectivity index (χ0) is 15.4. The SMILES string of the molecule is CCOC(=O)c1ccc(Cl)nc1N1CCN(C(=O)O)CC1. The molecule has 1 aromatic rings. The molecule has 0 radical (unpaired) electrons. The molecule has 0 spiro atoms. The lowest BCUT2D eigenvalue weighted by atomic mass is 10.2. The Morgan fingerprint density at radius 2 is 2.00 bits per heavy atom. The molecule has 0 aliphatic carbocycles. The predicted octanol–water partition coefficient (Wildman–Crippen LogP) is 1.71. The highest BCUT2D eigenvalue weighted by molar-refractivity contribution is 6.29. The Hall–Kier alpha value is -2.02. The molecular formula is C13H16ClN3O4. The van der Waals surface area contributed by atoms with Gasteiger partial charge >= 0.3 is 12.1 Å². The van der Waals surface area contributed by atoms with Gasteiger partial charge in [0.15, 0.2) is 0 Å². The van der Waals surface area contributed by atoms with E-state index in [0.29, 0.717) is 37.6 Å². The number of carbonyl (C=O) groups is 2. The summed E-state index contributed by atoms with van der Waals surface area (Å²) in [6.07, 6.45) is -0.945. The van der Waals surface area contributed by atoms with Crippen molar-refractivity contribution in [3.63, 3.8) is 0 Å². The number of anilines is 1. The number of esters is 1. The van der Waals surface area contributed by atoms with Crippen molar-refractivity contribution in [3.8, 4) is 0 Å². The molecule has 0 unspecified atom stereocenters.